The molecule has 3 unspecified atom stereocenters. The number of nitrogens with zero attached hydrogens (tertiary/aromatic N) is 3. The van der Waals surface area contributed by atoms with Crippen molar-refractivity contribution >= 4 is 86.2 Å². The van der Waals surface area contributed by atoms with Crippen molar-refractivity contribution in [3.63, 3.8) is 0 Å². The third kappa shape index (κ3) is 8.15. The highest BCUT2D eigenvalue weighted by Crippen LogP contribution is 2.50. The lowest BCUT2D eigenvalue weighted by Crippen LogP contribution is -2.37. The maximum absolute atomic E-state index is 15.5. The molecule has 9 aromatic rings. The van der Waals surface area contributed by atoms with E-state index in [0.29, 0.717) is 90.3 Å². The van der Waals surface area contributed by atoms with Gasteiger partial charge in [-0.2, -0.15) is 0 Å². The zero-order valence-electron chi connectivity index (χ0n) is 43.0. The first-order valence-electron chi connectivity index (χ1n) is 27.8. The summed E-state index contributed by atoms with van der Waals surface area (Å²) in [5.41, 5.74) is -2.06. The predicted octanol–water partition coefficient (Wildman–Crippen LogP) is 14.8. The lowest BCUT2D eigenvalue weighted by atomic mass is 9.81. The van der Waals surface area contributed by atoms with Crippen LogP contribution in [-0.2, 0) is 0 Å². The van der Waals surface area contributed by atoms with Gasteiger partial charge in [0.1, 0.15) is 0 Å². The number of unbranched alkanes of at least 4 members (excludes halogenated alkanes) is 12. The second-order valence-electron chi connectivity index (χ2n) is 21.1. The molecule has 0 bridgehead atoms. The molecule has 9 nitrogen and oxygen atoms in total. The van der Waals surface area contributed by atoms with Crippen molar-refractivity contribution in [2.45, 2.75) is 214 Å². The normalized spacial score (nSPS) is 14.0. The van der Waals surface area contributed by atoms with Gasteiger partial charge < -0.3 is 0 Å². The Bertz CT molecular complexity index is 3420. The van der Waals surface area contributed by atoms with Crippen LogP contribution in [0.5, 0.6) is 0 Å². The second kappa shape index (κ2) is 21.1. The fourth-order valence-electron chi connectivity index (χ4n) is 13.1. The third-order valence-corrected chi connectivity index (χ3v) is 16.4. The van der Waals surface area contributed by atoms with Gasteiger partial charge in [-0.1, -0.05) is 169 Å². The van der Waals surface area contributed by atoms with Crippen molar-refractivity contribution in [3.8, 4) is 0 Å². The van der Waals surface area contributed by atoms with Gasteiger partial charge in [0.2, 0.25) is 0 Å². The molecular formula is C61H75N3O6. The van der Waals surface area contributed by atoms with E-state index in [-0.39, 0.29) is 62.3 Å². The second-order valence-corrected chi connectivity index (χ2v) is 21.1. The van der Waals surface area contributed by atoms with Crippen LogP contribution in [0.4, 0.5) is 0 Å². The molecule has 3 aromatic heterocycles. The summed E-state index contributed by atoms with van der Waals surface area (Å²) in [6.45, 7) is 12.9. The predicted molar refractivity (Wildman–Crippen MR) is 296 cm³/mol. The number of hydrogen-bond donors (Lipinski definition) is 0. The minimum atomic E-state index is -0.368. The fraction of sp³-hybridized carbons (Fsp3) is 0.541. The third-order valence-electron chi connectivity index (χ3n) is 16.4. The van der Waals surface area contributed by atoms with Gasteiger partial charge in [-0.25, -0.2) is 0 Å². The van der Waals surface area contributed by atoms with Crippen LogP contribution in [0.2, 0.25) is 0 Å². The molecule has 0 amide bonds. The average Bonchev–Trinajstić information content (AvgIpc) is 3.62. The maximum Gasteiger partial charge on any atom is 0.262 e. The van der Waals surface area contributed by atoms with Crippen LogP contribution in [-0.4, -0.2) is 13.7 Å². The Morgan fingerprint density at radius 3 is 0.886 bits per heavy atom. The van der Waals surface area contributed by atoms with Gasteiger partial charge in [-0.3, -0.25) is 42.5 Å². The van der Waals surface area contributed by atoms with E-state index < -0.39 is 0 Å². The van der Waals surface area contributed by atoms with Crippen LogP contribution in [0, 0.1) is 0 Å². The lowest BCUT2D eigenvalue weighted by Gasteiger charge is -2.24. The summed E-state index contributed by atoms with van der Waals surface area (Å²) < 4.78 is 4.52. The molecule has 0 fully saturated rings. The SMILES string of the molecule is CCCCCCCC(CCC)n1c(=O)c2ccc3c4ccc5c(=O)n(C(CCC)CCCCCCC)c(=O)c6cc7c8c(=O)n(C(CCC)CCCCCCC)c(=O)c8c8cc(c1=O)c2c3c8c7c4c56. The molecule has 0 spiro atoms. The molecule has 3 atom stereocenters. The van der Waals surface area contributed by atoms with Crippen molar-refractivity contribution in [1.29, 1.82) is 0 Å². The molecule has 0 radical (unpaired) electrons. The summed E-state index contributed by atoms with van der Waals surface area (Å²) in [7, 11) is 0. The van der Waals surface area contributed by atoms with Crippen molar-refractivity contribution < 1.29 is 0 Å². The van der Waals surface area contributed by atoms with Gasteiger partial charge >= 0.3 is 0 Å². The number of hydrogen-bond acceptors (Lipinski definition) is 6. The van der Waals surface area contributed by atoms with Crippen LogP contribution >= 0.6 is 0 Å². The Balaban J connectivity index is 1.41. The quantitative estimate of drug-likeness (QED) is 0.0288. The van der Waals surface area contributed by atoms with Gasteiger partial charge in [0.15, 0.2) is 0 Å². The summed E-state index contributed by atoms with van der Waals surface area (Å²) in [6, 6.07) is 10.4. The molecule has 70 heavy (non-hydrogen) atoms. The smallest absolute Gasteiger partial charge is 0.262 e. The highest BCUT2D eigenvalue weighted by molar-refractivity contribution is 6.48. The van der Waals surface area contributed by atoms with Crippen LogP contribution in [0.1, 0.15) is 214 Å². The van der Waals surface area contributed by atoms with Crippen molar-refractivity contribution in [2.24, 2.45) is 0 Å². The molecule has 0 saturated carbocycles. The van der Waals surface area contributed by atoms with Crippen LogP contribution in [0.3, 0.4) is 0 Å². The first-order valence-corrected chi connectivity index (χ1v) is 27.8. The zero-order valence-corrected chi connectivity index (χ0v) is 43.0. The fourth-order valence-corrected chi connectivity index (χ4v) is 13.1. The molecule has 370 valence electrons. The van der Waals surface area contributed by atoms with E-state index in [4.69, 9.17) is 0 Å². The molecule has 9 heteroatoms. The van der Waals surface area contributed by atoms with Crippen molar-refractivity contribution in [1.82, 2.24) is 13.7 Å². The highest BCUT2D eigenvalue weighted by Gasteiger charge is 2.32. The summed E-state index contributed by atoms with van der Waals surface area (Å²) >= 11 is 0. The Labute approximate surface area is 410 Å². The van der Waals surface area contributed by atoms with Crippen LogP contribution in [0.25, 0.3) is 86.2 Å². The largest absolute Gasteiger partial charge is 0.271 e. The lowest BCUT2D eigenvalue weighted by molar-refractivity contribution is 0.395. The Kier molecular flexibility index (Phi) is 14.9. The monoisotopic (exact) mass is 946 g/mol. The van der Waals surface area contributed by atoms with Gasteiger partial charge in [0.05, 0.1) is 10.8 Å². The van der Waals surface area contributed by atoms with E-state index in [1.165, 1.54) is 13.7 Å². The number of aromatic nitrogens is 3. The molecule has 0 saturated heterocycles. The summed E-state index contributed by atoms with van der Waals surface area (Å²) in [5.74, 6) is 0. The van der Waals surface area contributed by atoms with Gasteiger partial charge in [0.25, 0.3) is 33.4 Å². The number of pyridine rings is 2. The number of fused-ring (bicyclic) bond motifs is 4. The van der Waals surface area contributed by atoms with E-state index in [0.717, 1.165) is 139 Å². The molecule has 9 rings (SSSR count). The van der Waals surface area contributed by atoms with E-state index >= 15 is 19.2 Å². The highest BCUT2D eigenvalue weighted by atomic mass is 16.2. The average molecular weight is 946 g/mol. The van der Waals surface area contributed by atoms with Crippen LogP contribution < -0.4 is 33.4 Å². The van der Waals surface area contributed by atoms with Crippen molar-refractivity contribution in [3.05, 3.63) is 98.5 Å². The first-order chi connectivity index (χ1) is 34.1. The molecule has 0 N–H and O–H groups in total. The minimum absolute atomic E-state index is 0.268. The maximum atomic E-state index is 15.5. The Morgan fingerprint density at radius 2 is 0.557 bits per heavy atom. The number of benzene rings is 6. The molecule has 0 aliphatic rings. The molecule has 0 aliphatic heterocycles. The summed E-state index contributed by atoms with van der Waals surface area (Å²) in [5, 5.41) is 8.74. The Morgan fingerprint density at radius 1 is 0.271 bits per heavy atom. The van der Waals surface area contributed by atoms with E-state index in [9.17, 15) is 9.59 Å². The topological polar surface area (TPSA) is 117 Å². The molecular weight excluding hydrogens is 871 g/mol. The van der Waals surface area contributed by atoms with Gasteiger partial charge in [-0.05, 0) is 106 Å². The van der Waals surface area contributed by atoms with E-state index in [2.05, 4.69) is 41.5 Å². The standard InChI is InChI=1S/C61H75N3O6/c1-7-13-16-19-22-28-37(25-10-4)62-56(65)42-33-31-40-41-32-34-43-49-47(59(68)63(57(43)66)38(26-11-5)29-23-20-17-14-8-2)36-45-53(51(41)49)52-44(35-46(58(62)67)48(42)50(40)52)54-55(45)61(70)64(60(54)69)39(27-12-6)30-24-21-18-15-9-3/h31-39H,7-30H2,1-6H3. The molecule has 6 aromatic carbocycles. The summed E-state index contributed by atoms with van der Waals surface area (Å²) in [4.78, 5) is 91.6. The number of rotatable bonds is 27. The van der Waals surface area contributed by atoms with Crippen molar-refractivity contribution in [2.75, 3.05) is 0 Å². The van der Waals surface area contributed by atoms with Gasteiger partial charge in [0, 0.05) is 50.4 Å². The van der Waals surface area contributed by atoms with E-state index in [1.54, 1.807) is 0 Å². The Hall–Kier alpha value is -5.44. The first kappa shape index (κ1) is 49.5. The van der Waals surface area contributed by atoms with Crippen LogP contribution in [0.15, 0.2) is 65.2 Å². The molecule has 0 aliphatic carbocycles. The summed E-state index contributed by atoms with van der Waals surface area (Å²) in [6.07, 6.45) is 22.6. The van der Waals surface area contributed by atoms with E-state index in [1.807, 2.05) is 36.4 Å². The van der Waals surface area contributed by atoms with Gasteiger partial charge in [-0.15, -0.1) is 0 Å². The zero-order chi connectivity index (χ0) is 49.4. The minimum Gasteiger partial charge on any atom is -0.271 e. The molecule has 3 heterocycles.